The Bertz CT molecular complexity index is 346. The largest absolute Gasteiger partial charge is 0.444 e. The molecule has 1 aliphatic heterocycles. The number of nitrogens with zero attached hydrogens (tertiary/aromatic N) is 1. The van der Waals surface area contributed by atoms with Crippen LogP contribution < -0.4 is 5.32 Å². The highest BCUT2D eigenvalue weighted by atomic mass is 16.6. The van der Waals surface area contributed by atoms with Gasteiger partial charge in [-0.05, 0) is 45.4 Å². The molecule has 0 spiro atoms. The predicted octanol–water partition coefficient (Wildman–Crippen LogP) is 2.38. The molecule has 0 aromatic carbocycles. The van der Waals surface area contributed by atoms with Gasteiger partial charge in [0.1, 0.15) is 5.60 Å². The van der Waals surface area contributed by atoms with Crippen molar-refractivity contribution in [3.63, 3.8) is 0 Å². The van der Waals surface area contributed by atoms with E-state index in [1.807, 2.05) is 25.7 Å². The molecule has 3 rings (SSSR count). The lowest BCUT2D eigenvalue weighted by atomic mass is 10.2. The molecule has 4 nitrogen and oxygen atoms in total. The van der Waals surface area contributed by atoms with Crippen molar-refractivity contribution in [1.29, 1.82) is 0 Å². The van der Waals surface area contributed by atoms with Crippen LogP contribution in [-0.4, -0.2) is 41.8 Å². The first kappa shape index (κ1) is 13.2. The number of likely N-dealkylation sites (tertiary alicyclic amines) is 1. The highest BCUT2D eigenvalue weighted by Crippen LogP contribution is 2.46. The zero-order chi connectivity index (χ0) is 13.6. The standard InChI is InChI=1S/C15H26N2O2/c1-15(2,3)19-14(18)17-8-11-12(9-17)13(11)16-10-6-4-5-7-10/h10-13,16H,4-9H2,1-3H3. The van der Waals surface area contributed by atoms with Crippen LogP contribution in [0.4, 0.5) is 4.79 Å². The van der Waals surface area contributed by atoms with E-state index in [1.54, 1.807) is 0 Å². The third kappa shape index (κ3) is 2.88. The molecular weight excluding hydrogens is 240 g/mol. The van der Waals surface area contributed by atoms with Crippen LogP contribution in [0, 0.1) is 11.8 Å². The molecule has 19 heavy (non-hydrogen) atoms. The van der Waals surface area contributed by atoms with E-state index in [1.165, 1.54) is 25.7 Å². The lowest BCUT2D eigenvalue weighted by Gasteiger charge is -2.26. The molecule has 0 aromatic heterocycles. The van der Waals surface area contributed by atoms with E-state index >= 15 is 0 Å². The van der Waals surface area contributed by atoms with Crippen molar-refractivity contribution in [2.24, 2.45) is 11.8 Å². The van der Waals surface area contributed by atoms with Crippen molar-refractivity contribution in [2.75, 3.05) is 13.1 Å². The molecule has 0 bridgehead atoms. The minimum Gasteiger partial charge on any atom is -0.444 e. The molecule has 3 fully saturated rings. The molecule has 2 unspecified atom stereocenters. The van der Waals surface area contributed by atoms with Crippen LogP contribution in [0.5, 0.6) is 0 Å². The van der Waals surface area contributed by atoms with Gasteiger partial charge in [0, 0.05) is 25.2 Å². The maximum Gasteiger partial charge on any atom is 0.410 e. The van der Waals surface area contributed by atoms with Crippen molar-refractivity contribution in [1.82, 2.24) is 10.2 Å². The first-order chi connectivity index (χ1) is 8.94. The summed E-state index contributed by atoms with van der Waals surface area (Å²) in [6.45, 7) is 7.53. The summed E-state index contributed by atoms with van der Waals surface area (Å²) < 4.78 is 5.43. The van der Waals surface area contributed by atoms with Crippen molar-refractivity contribution in [2.45, 2.75) is 64.1 Å². The Kier molecular flexibility index (Phi) is 3.24. The number of piperidine rings is 1. The summed E-state index contributed by atoms with van der Waals surface area (Å²) in [4.78, 5) is 13.8. The Hall–Kier alpha value is -0.770. The molecule has 4 heteroatoms. The second-order valence-electron chi connectivity index (χ2n) is 7.39. The van der Waals surface area contributed by atoms with E-state index in [0.717, 1.165) is 19.1 Å². The Morgan fingerprint density at radius 2 is 1.74 bits per heavy atom. The highest BCUT2D eigenvalue weighted by Gasteiger charge is 2.57. The first-order valence-corrected chi connectivity index (χ1v) is 7.68. The van der Waals surface area contributed by atoms with E-state index in [-0.39, 0.29) is 11.7 Å². The molecule has 1 saturated heterocycles. The fourth-order valence-corrected chi connectivity index (χ4v) is 3.61. The number of rotatable bonds is 2. The quantitative estimate of drug-likeness (QED) is 0.834. The second-order valence-corrected chi connectivity index (χ2v) is 7.39. The number of carbonyl (C=O) groups is 1. The third-order valence-corrected chi connectivity index (χ3v) is 4.63. The van der Waals surface area contributed by atoms with Crippen LogP contribution in [0.25, 0.3) is 0 Å². The maximum absolute atomic E-state index is 12.0. The number of amides is 1. The van der Waals surface area contributed by atoms with Crippen LogP contribution in [0.3, 0.4) is 0 Å². The summed E-state index contributed by atoms with van der Waals surface area (Å²) in [6.07, 6.45) is 5.30. The minimum absolute atomic E-state index is 0.140. The predicted molar refractivity (Wildman–Crippen MR) is 74.0 cm³/mol. The van der Waals surface area contributed by atoms with E-state index in [4.69, 9.17) is 4.74 Å². The number of fused-ring (bicyclic) bond motifs is 1. The molecule has 1 N–H and O–H groups in total. The van der Waals surface area contributed by atoms with E-state index in [0.29, 0.717) is 17.9 Å². The third-order valence-electron chi connectivity index (χ3n) is 4.63. The SMILES string of the molecule is CC(C)(C)OC(=O)N1CC2C(C1)C2NC1CCCC1. The summed E-state index contributed by atoms with van der Waals surface area (Å²) in [7, 11) is 0. The maximum atomic E-state index is 12.0. The smallest absolute Gasteiger partial charge is 0.410 e. The molecule has 2 aliphatic carbocycles. The molecule has 108 valence electrons. The van der Waals surface area contributed by atoms with Crippen LogP contribution in [0.15, 0.2) is 0 Å². The topological polar surface area (TPSA) is 41.6 Å². The Morgan fingerprint density at radius 1 is 1.16 bits per heavy atom. The molecule has 2 saturated carbocycles. The van der Waals surface area contributed by atoms with Gasteiger partial charge in [0.05, 0.1) is 0 Å². The van der Waals surface area contributed by atoms with Crippen LogP contribution in [-0.2, 0) is 4.74 Å². The number of carbonyl (C=O) groups excluding carboxylic acids is 1. The zero-order valence-electron chi connectivity index (χ0n) is 12.3. The molecule has 1 heterocycles. The Morgan fingerprint density at radius 3 is 2.26 bits per heavy atom. The summed E-state index contributed by atoms with van der Waals surface area (Å²) in [5, 5.41) is 3.78. The average molecular weight is 266 g/mol. The van der Waals surface area contributed by atoms with Crippen molar-refractivity contribution < 1.29 is 9.53 Å². The van der Waals surface area contributed by atoms with Crippen LogP contribution in [0.2, 0.25) is 0 Å². The summed E-state index contributed by atoms with van der Waals surface area (Å²) in [6, 6.07) is 1.41. The summed E-state index contributed by atoms with van der Waals surface area (Å²) >= 11 is 0. The van der Waals surface area contributed by atoms with Gasteiger partial charge in [-0.15, -0.1) is 0 Å². The van der Waals surface area contributed by atoms with Gasteiger partial charge in [-0.2, -0.15) is 0 Å². The van der Waals surface area contributed by atoms with E-state index in [9.17, 15) is 4.79 Å². The van der Waals surface area contributed by atoms with Crippen molar-refractivity contribution in [3.05, 3.63) is 0 Å². The number of ether oxygens (including phenoxy) is 1. The first-order valence-electron chi connectivity index (χ1n) is 7.68. The average Bonchev–Trinajstić information content (AvgIpc) is 2.75. The number of nitrogens with one attached hydrogen (secondary N) is 1. The molecule has 3 aliphatic rings. The molecule has 0 aromatic rings. The van der Waals surface area contributed by atoms with Crippen molar-refractivity contribution in [3.8, 4) is 0 Å². The second kappa shape index (κ2) is 4.65. The fourth-order valence-electron chi connectivity index (χ4n) is 3.61. The van der Waals surface area contributed by atoms with Crippen LogP contribution >= 0.6 is 0 Å². The highest BCUT2D eigenvalue weighted by molar-refractivity contribution is 5.69. The number of hydrogen-bond acceptors (Lipinski definition) is 3. The molecule has 0 radical (unpaired) electrons. The lowest BCUT2D eigenvalue weighted by Crippen LogP contribution is -2.40. The van der Waals surface area contributed by atoms with Gasteiger partial charge >= 0.3 is 6.09 Å². The monoisotopic (exact) mass is 266 g/mol. The van der Waals surface area contributed by atoms with Crippen molar-refractivity contribution >= 4 is 6.09 Å². The Balaban J connectivity index is 1.43. The van der Waals surface area contributed by atoms with Gasteiger partial charge in [0.2, 0.25) is 0 Å². The van der Waals surface area contributed by atoms with Gasteiger partial charge in [-0.25, -0.2) is 4.79 Å². The minimum atomic E-state index is -0.384. The molecular formula is C15H26N2O2. The van der Waals surface area contributed by atoms with Gasteiger partial charge in [0.25, 0.3) is 0 Å². The van der Waals surface area contributed by atoms with Gasteiger partial charge in [-0.3, -0.25) is 0 Å². The fraction of sp³-hybridized carbons (Fsp3) is 0.933. The van der Waals surface area contributed by atoms with E-state index < -0.39 is 0 Å². The van der Waals surface area contributed by atoms with Gasteiger partial charge in [-0.1, -0.05) is 12.8 Å². The van der Waals surface area contributed by atoms with E-state index in [2.05, 4.69) is 5.32 Å². The van der Waals surface area contributed by atoms with Gasteiger partial charge < -0.3 is 15.0 Å². The van der Waals surface area contributed by atoms with Gasteiger partial charge in [0.15, 0.2) is 0 Å². The normalized spacial score (nSPS) is 34.5. The Labute approximate surface area is 115 Å². The van der Waals surface area contributed by atoms with Crippen LogP contribution in [0.1, 0.15) is 46.5 Å². The molecule has 1 amide bonds. The molecule has 2 atom stereocenters. The summed E-state index contributed by atoms with van der Waals surface area (Å²) in [5.74, 6) is 1.35. The number of hydrogen-bond donors (Lipinski definition) is 1. The summed E-state index contributed by atoms with van der Waals surface area (Å²) in [5.41, 5.74) is -0.384. The lowest BCUT2D eigenvalue weighted by molar-refractivity contribution is 0.0268. The zero-order valence-corrected chi connectivity index (χ0v) is 12.3.